The fourth-order valence-electron chi connectivity index (χ4n) is 2.46. The van der Waals surface area contributed by atoms with E-state index < -0.39 is 0 Å². The summed E-state index contributed by atoms with van der Waals surface area (Å²) >= 11 is 3.16. The molecule has 0 radical (unpaired) electrons. The van der Waals surface area contributed by atoms with Crippen LogP contribution in [0.1, 0.15) is 11.8 Å². The number of hydrogen-bond donors (Lipinski definition) is 0. The molecule has 140 valence electrons. The molecule has 0 amide bonds. The second kappa shape index (κ2) is 8.53. The van der Waals surface area contributed by atoms with E-state index in [0.29, 0.717) is 49.7 Å². The van der Waals surface area contributed by atoms with Gasteiger partial charge in [-0.2, -0.15) is 16.3 Å². The number of nitrogens with zero attached hydrogens (tertiary/aromatic N) is 5. The van der Waals surface area contributed by atoms with Crippen molar-refractivity contribution in [2.24, 2.45) is 0 Å². The Kier molecular flexibility index (Phi) is 5.68. The van der Waals surface area contributed by atoms with Crippen LogP contribution in [0.25, 0.3) is 22.2 Å². The van der Waals surface area contributed by atoms with Gasteiger partial charge >= 0.3 is 0 Å². The first-order valence-corrected chi connectivity index (χ1v) is 10.1. The van der Waals surface area contributed by atoms with Crippen molar-refractivity contribution in [1.29, 1.82) is 0 Å². The molecule has 0 spiro atoms. The van der Waals surface area contributed by atoms with E-state index in [2.05, 4.69) is 25.2 Å². The van der Waals surface area contributed by atoms with Crippen LogP contribution in [0.4, 0.5) is 0 Å². The van der Waals surface area contributed by atoms with Gasteiger partial charge in [-0.1, -0.05) is 11.2 Å². The number of hydrogen-bond acceptors (Lipinski definition) is 10. The van der Waals surface area contributed by atoms with Crippen LogP contribution in [0.3, 0.4) is 0 Å². The molecule has 0 saturated carbocycles. The molecule has 0 atom stereocenters. The van der Waals surface area contributed by atoms with E-state index in [-0.39, 0.29) is 0 Å². The van der Waals surface area contributed by atoms with E-state index in [0.717, 1.165) is 10.4 Å². The summed E-state index contributed by atoms with van der Waals surface area (Å²) < 4.78 is 16.4. The zero-order valence-electron chi connectivity index (χ0n) is 14.6. The van der Waals surface area contributed by atoms with Crippen LogP contribution < -0.4 is 0 Å². The SMILES string of the molecule is COCCN(Cc1nc(-c2ccsc2)no1)Cc1nnc(-c2cccs2)o1. The van der Waals surface area contributed by atoms with Crippen molar-refractivity contribution in [3.8, 4) is 22.2 Å². The smallest absolute Gasteiger partial charge is 0.257 e. The monoisotopic (exact) mass is 403 g/mol. The van der Waals surface area contributed by atoms with E-state index in [4.69, 9.17) is 13.7 Å². The number of thiophene rings is 2. The number of rotatable bonds is 9. The summed E-state index contributed by atoms with van der Waals surface area (Å²) in [5.41, 5.74) is 0.955. The van der Waals surface area contributed by atoms with Crippen molar-refractivity contribution < 1.29 is 13.7 Å². The highest BCUT2D eigenvalue weighted by molar-refractivity contribution is 7.13. The third-order valence-electron chi connectivity index (χ3n) is 3.78. The number of ether oxygens (including phenoxy) is 1. The van der Waals surface area contributed by atoms with Crippen LogP contribution in [0, 0.1) is 0 Å². The van der Waals surface area contributed by atoms with Crippen LogP contribution in [-0.4, -0.2) is 45.5 Å². The zero-order valence-corrected chi connectivity index (χ0v) is 16.2. The molecule has 0 aromatic carbocycles. The molecule has 0 saturated heterocycles. The average Bonchev–Trinajstić information content (AvgIpc) is 3.47. The van der Waals surface area contributed by atoms with E-state index in [1.54, 1.807) is 29.8 Å². The van der Waals surface area contributed by atoms with Gasteiger partial charge in [0, 0.05) is 24.6 Å². The molecule has 0 fully saturated rings. The summed E-state index contributed by atoms with van der Waals surface area (Å²) in [6.45, 7) is 2.18. The Labute approximate surface area is 163 Å². The minimum Gasteiger partial charge on any atom is -0.419 e. The second-order valence-corrected chi connectivity index (χ2v) is 7.43. The van der Waals surface area contributed by atoms with Gasteiger partial charge in [0.25, 0.3) is 5.89 Å². The van der Waals surface area contributed by atoms with Crippen LogP contribution in [0.5, 0.6) is 0 Å². The van der Waals surface area contributed by atoms with Gasteiger partial charge in [-0.3, -0.25) is 4.90 Å². The van der Waals surface area contributed by atoms with E-state index >= 15 is 0 Å². The Morgan fingerprint density at radius 2 is 2.07 bits per heavy atom. The molecule has 27 heavy (non-hydrogen) atoms. The van der Waals surface area contributed by atoms with Crippen molar-refractivity contribution >= 4 is 22.7 Å². The van der Waals surface area contributed by atoms with Crippen LogP contribution in [0.2, 0.25) is 0 Å². The summed E-state index contributed by atoms with van der Waals surface area (Å²) in [6.07, 6.45) is 0. The Morgan fingerprint density at radius 3 is 2.85 bits per heavy atom. The lowest BCUT2D eigenvalue weighted by molar-refractivity contribution is 0.125. The maximum absolute atomic E-state index is 5.78. The van der Waals surface area contributed by atoms with Crippen LogP contribution in [-0.2, 0) is 17.8 Å². The van der Waals surface area contributed by atoms with Gasteiger partial charge in [0.2, 0.25) is 17.6 Å². The van der Waals surface area contributed by atoms with Crippen LogP contribution >= 0.6 is 22.7 Å². The molecule has 0 bridgehead atoms. The quantitative estimate of drug-likeness (QED) is 0.419. The molecule has 4 aromatic rings. The van der Waals surface area contributed by atoms with Crippen molar-refractivity contribution in [2.45, 2.75) is 13.1 Å². The molecule has 8 nitrogen and oxygen atoms in total. The molecule has 0 N–H and O–H groups in total. The largest absolute Gasteiger partial charge is 0.419 e. The first-order chi connectivity index (χ1) is 13.3. The van der Waals surface area contributed by atoms with Gasteiger partial charge in [-0.05, 0) is 22.9 Å². The molecule has 0 aliphatic heterocycles. The van der Waals surface area contributed by atoms with E-state index in [9.17, 15) is 0 Å². The van der Waals surface area contributed by atoms with Crippen LogP contribution in [0.15, 0.2) is 43.3 Å². The molecule has 4 aromatic heterocycles. The number of aromatic nitrogens is 4. The van der Waals surface area contributed by atoms with Gasteiger partial charge in [0.05, 0.1) is 24.6 Å². The maximum atomic E-state index is 5.78. The third-order valence-corrected chi connectivity index (χ3v) is 5.32. The summed E-state index contributed by atoms with van der Waals surface area (Å²) in [5, 5.41) is 18.3. The lowest BCUT2D eigenvalue weighted by Crippen LogP contribution is -2.27. The highest BCUT2D eigenvalue weighted by Crippen LogP contribution is 2.24. The lowest BCUT2D eigenvalue weighted by atomic mass is 10.3. The van der Waals surface area contributed by atoms with Crippen molar-refractivity contribution in [1.82, 2.24) is 25.2 Å². The van der Waals surface area contributed by atoms with Gasteiger partial charge in [0.15, 0.2) is 0 Å². The zero-order chi connectivity index (χ0) is 18.5. The van der Waals surface area contributed by atoms with Crippen molar-refractivity contribution in [3.63, 3.8) is 0 Å². The average molecular weight is 403 g/mol. The van der Waals surface area contributed by atoms with Gasteiger partial charge in [-0.15, -0.1) is 21.5 Å². The Hall–Kier alpha value is -2.40. The van der Waals surface area contributed by atoms with Gasteiger partial charge < -0.3 is 13.7 Å². The van der Waals surface area contributed by atoms with Crippen molar-refractivity contribution in [2.75, 3.05) is 20.3 Å². The lowest BCUT2D eigenvalue weighted by Gasteiger charge is -2.17. The fourth-order valence-corrected chi connectivity index (χ4v) is 3.74. The van der Waals surface area contributed by atoms with E-state index in [1.807, 2.05) is 34.3 Å². The molecule has 4 rings (SSSR count). The first kappa shape index (κ1) is 18.0. The highest BCUT2D eigenvalue weighted by atomic mass is 32.1. The molecule has 10 heteroatoms. The summed E-state index contributed by atoms with van der Waals surface area (Å²) in [5.74, 6) is 2.19. The molecule has 4 heterocycles. The molecule has 0 aliphatic rings. The summed E-state index contributed by atoms with van der Waals surface area (Å²) in [7, 11) is 1.67. The summed E-state index contributed by atoms with van der Waals surface area (Å²) in [6, 6.07) is 5.87. The first-order valence-electron chi connectivity index (χ1n) is 8.24. The topological polar surface area (TPSA) is 90.3 Å². The minimum absolute atomic E-state index is 0.469. The molecule has 0 aliphatic carbocycles. The van der Waals surface area contributed by atoms with Gasteiger partial charge in [-0.25, -0.2) is 0 Å². The fraction of sp³-hybridized carbons (Fsp3) is 0.294. The predicted octanol–water partition coefficient (Wildman–Crippen LogP) is 3.56. The Morgan fingerprint density at radius 1 is 1.15 bits per heavy atom. The van der Waals surface area contributed by atoms with Crippen molar-refractivity contribution in [3.05, 3.63) is 46.1 Å². The Balaban J connectivity index is 1.45. The second-order valence-electron chi connectivity index (χ2n) is 5.71. The van der Waals surface area contributed by atoms with Gasteiger partial charge in [0.1, 0.15) is 0 Å². The Bertz CT molecular complexity index is 875. The molecule has 0 unspecified atom stereocenters. The summed E-state index contributed by atoms with van der Waals surface area (Å²) in [4.78, 5) is 7.49. The highest BCUT2D eigenvalue weighted by Gasteiger charge is 2.17. The maximum Gasteiger partial charge on any atom is 0.257 e. The minimum atomic E-state index is 0.469. The predicted molar refractivity (Wildman–Crippen MR) is 101 cm³/mol. The van der Waals surface area contributed by atoms with E-state index in [1.165, 1.54) is 0 Å². The number of methoxy groups -OCH3 is 1. The molecular weight excluding hydrogens is 386 g/mol. The third kappa shape index (κ3) is 4.48. The standard InChI is InChI=1S/C17H17N5O3S2/c1-23-6-5-22(9-14-18-16(21-25-14)12-4-8-26-11-12)10-15-19-20-17(24-15)13-3-2-7-27-13/h2-4,7-8,11H,5-6,9-10H2,1H3. The molecular formula is C17H17N5O3S2. The normalized spacial score (nSPS) is 11.5.